The number of nitrogens with two attached hydrogens (primary N) is 1. The molecular formula is C17H29N3OS. The molecule has 2 bridgehead atoms. The maximum atomic E-state index is 11.6. The summed E-state index contributed by atoms with van der Waals surface area (Å²) in [6.07, 6.45) is 10.4. The van der Waals surface area contributed by atoms with Crippen LogP contribution < -0.4 is 11.2 Å². The van der Waals surface area contributed by atoms with Crippen molar-refractivity contribution in [2.24, 2.45) is 34.5 Å². The zero-order valence-corrected chi connectivity index (χ0v) is 14.4. The third kappa shape index (κ3) is 2.67. The molecule has 5 heteroatoms. The third-order valence-electron chi connectivity index (χ3n) is 6.28. The van der Waals surface area contributed by atoms with Crippen LogP contribution in [0.25, 0.3) is 0 Å². The van der Waals surface area contributed by atoms with Crippen molar-refractivity contribution in [3.63, 3.8) is 0 Å². The van der Waals surface area contributed by atoms with Gasteiger partial charge in [0.1, 0.15) is 0 Å². The van der Waals surface area contributed by atoms with E-state index in [2.05, 4.69) is 17.5 Å². The second-order valence-corrected chi connectivity index (χ2v) is 7.84. The van der Waals surface area contributed by atoms with E-state index in [1.807, 2.05) is 0 Å². The van der Waals surface area contributed by atoms with Gasteiger partial charge in [-0.3, -0.25) is 5.43 Å². The highest BCUT2D eigenvalue weighted by Gasteiger charge is 2.58. The molecule has 0 aromatic rings. The monoisotopic (exact) mass is 323 g/mol. The van der Waals surface area contributed by atoms with Gasteiger partial charge >= 0.3 is 0 Å². The Kier molecular flexibility index (Phi) is 4.74. The lowest BCUT2D eigenvalue weighted by Crippen LogP contribution is -2.62. The third-order valence-corrected chi connectivity index (χ3v) is 6.37. The lowest BCUT2D eigenvalue weighted by Gasteiger charge is -2.57. The molecule has 3 rings (SSSR count). The molecule has 3 aliphatic carbocycles. The summed E-state index contributed by atoms with van der Waals surface area (Å²) >= 11 is 4.92. The summed E-state index contributed by atoms with van der Waals surface area (Å²) in [5, 5.41) is 16.4. The number of fused-ring (bicyclic) bond motifs is 4. The van der Waals surface area contributed by atoms with Gasteiger partial charge in [-0.05, 0) is 56.2 Å². The molecule has 5 unspecified atom stereocenters. The molecule has 4 nitrogen and oxygen atoms in total. The van der Waals surface area contributed by atoms with E-state index in [1.165, 1.54) is 38.5 Å². The molecule has 0 saturated heterocycles. The van der Waals surface area contributed by atoms with Gasteiger partial charge in [0.2, 0.25) is 0 Å². The molecule has 0 amide bonds. The fraction of sp³-hybridized carbons (Fsp3) is 0.882. The predicted octanol–water partition coefficient (Wildman–Crippen LogP) is 2.94. The van der Waals surface area contributed by atoms with Gasteiger partial charge in [0.05, 0.1) is 5.60 Å². The van der Waals surface area contributed by atoms with E-state index in [0.29, 0.717) is 17.8 Å². The highest BCUT2D eigenvalue weighted by Crippen LogP contribution is 2.56. The molecule has 3 aliphatic rings. The van der Waals surface area contributed by atoms with Gasteiger partial charge in [-0.25, -0.2) is 0 Å². The first-order chi connectivity index (χ1) is 10.6. The lowest BCUT2D eigenvalue weighted by molar-refractivity contribution is -0.127. The van der Waals surface area contributed by atoms with E-state index >= 15 is 0 Å². The summed E-state index contributed by atoms with van der Waals surface area (Å²) in [6, 6.07) is 0. The van der Waals surface area contributed by atoms with Gasteiger partial charge in [0.15, 0.2) is 5.11 Å². The number of hydrogen-bond acceptors (Lipinski definition) is 3. The quantitative estimate of drug-likeness (QED) is 0.552. The minimum Gasteiger partial charge on any atom is -0.389 e. The average molecular weight is 324 g/mol. The molecule has 0 aromatic heterocycles. The maximum absolute atomic E-state index is 11.6. The predicted molar refractivity (Wildman–Crippen MR) is 93.5 cm³/mol. The lowest BCUT2D eigenvalue weighted by atomic mass is 9.50. The van der Waals surface area contributed by atoms with Crippen molar-refractivity contribution in [1.29, 1.82) is 0 Å². The van der Waals surface area contributed by atoms with E-state index in [9.17, 15) is 5.11 Å². The van der Waals surface area contributed by atoms with Crippen LogP contribution in [-0.2, 0) is 0 Å². The molecule has 124 valence electrons. The average Bonchev–Trinajstić information content (AvgIpc) is 2.50. The number of thiocarbonyl (C=S) groups is 1. The van der Waals surface area contributed by atoms with Crippen LogP contribution in [0.1, 0.15) is 64.7 Å². The van der Waals surface area contributed by atoms with Crippen LogP contribution >= 0.6 is 12.2 Å². The van der Waals surface area contributed by atoms with Gasteiger partial charge in [0, 0.05) is 17.5 Å². The van der Waals surface area contributed by atoms with Crippen LogP contribution in [0.2, 0.25) is 0 Å². The molecule has 22 heavy (non-hydrogen) atoms. The molecule has 0 spiro atoms. The van der Waals surface area contributed by atoms with Gasteiger partial charge in [0.25, 0.3) is 0 Å². The Morgan fingerprint density at radius 3 is 2.91 bits per heavy atom. The summed E-state index contributed by atoms with van der Waals surface area (Å²) in [4.78, 5) is 0. The van der Waals surface area contributed by atoms with E-state index < -0.39 is 5.60 Å². The normalized spacial score (nSPS) is 42.7. The summed E-state index contributed by atoms with van der Waals surface area (Å²) in [7, 11) is 0. The van der Waals surface area contributed by atoms with E-state index in [-0.39, 0.29) is 11.0 Å². The summed E-state index contributed by atoms with van der Waals surface area (Å²) in [5.41, 5.74) is 8.98. The van der Waals surface area contributed by atoms with Gasteiger partial charge in [-0.1, -0.05) is 32.6 Å². The van der Waals surface area contributed by atoms with Crippen molar-refractivity contribution in [3.8, 4) is 0 Å². The first-order valence-corrected chi connectivity index (χ1v) is 9.34. The molecule has 0 aliphatic heterocycles. The SMILES string of the molecule is CCCC1C2CCCC(C2=NNC(N)=S)C2(O)CCCCC12. The topological polar surface area (TPSA) is 70.6 Å². The highest BCUT2D eigenvalue weighted by molar-refractivity contribution is 7.80. The fourth-order valence-corrected chi connectivity index (χ4v) is 5.60. The second-order valence-electron chi connectivity index (χ2n) is 7.40. The summed E-state index contributed by atoms with van der Waals surface area (Å²) < 4.78 is 0. The molecule has 0 aromatic carbocycles. The Morgan fingerprint density at radius 1 is 1.36 bits per heavy atom. The second kappa shape index (κ2) is 6.44. The number of nitrogens with one attached hydrogen (secondary N) is 1. The summed E-state index contributed by atoms with van der Waals surface area (Å²) in [5.74, 6) is 1.73. The Bertz CT molecular complexity index is 467. The van der Waals surface area contributed by atoms with Crippen molar-refractivity contribution >= 4 is 23.0 Å². The van der Waals surface area contributed by atoms with Crippen molar-refractivity contribution in [3.05, 3.63) is 0 Å². The van der Waals surface area contributed by atoms with Crippen LogP contribution in [-0.4, -0.2) is 21.5 Å². The van der Waals surface area contributed by atoms with Gasteiger partial charge in [-0.15, -0.1) is 0 Å². The van der Waals surface area contributed by atoms with E-state index in [1.54, 1.807) is 0 Å². The smallest absolute Gasteiger partial charge is 0.184 e. The fourth-order valence-electron chi connectivity index (χ4n) is 5.56. The molecule has 4 N–H and O–H groups in total. The van der Waals surface area contributed by atoms with Crippen molar-refractivity contribution < 1.29 is 5.11 Å². The number of hydrogen-bond donors (Lipinski definition) is 3. The van der Waals surface area contributed by atoms with Crippen LogP contribution in [0.4, 0.5) is 0 Å². The minimum atomic E-state index is -0.550. The largest absolute Gasteiger partial charge is 0.389 e. The zero-order chi connectivity index (χ0) is 15.7. The molecule has 0 heterocycles. The first kappa shape index (κ1) is 16.2. The number of hydrazone groups is 1. The molecular weight excluding hydrogens is 294 g/mol. The summed E-state index contributed by atoms with van der Waals surface area (Å²) in [6.45, 7) is 2.25. The van der Waals surface area contributed by atoms with Crippen molar-refractivity contribution in [2.45, 2.75) is 70.3 Å². The Hall–Kier alpha value is -0.680. The number of nitrogens with zero attached hydrogens (tertiary/aromatic N) is 1. The van der Waals surface area contributed by atoms with Crippen molar-refractivity contribution in [1.82, 2.24) is 5.43 Å². The molecule has 3 fully saturated rings. The zero-order valence-electron chi connectivity index (χ0n) is 13.6. The van der Waals surface area contributed by atoms with Gasteiger partial charge in [-0.2, -0.15) is 5.10 Å². The molecule has 5 atom stereocenters. The molecule has 0 radical (unpaired) electrons. The van der Waals surface area contributed by atoms with E-state index in [0.717, 1.165) is 25.0 Å². The molecule has 3 saturated carbocycles. The standard InChI is InChI=1S/C17H29N3OS/c1-2-6-11-12-7-5-9-14(15(12)19-20-16(18)22)17(21)10-4-3-8-13(11)17/h11-14,21H,2-10H2,1H3,(H3,18,20,22). The number of rotatable bonds is 3. The van der Waals surface area contributed by atoms with Crippen molar-refractivity contribution in [2.75, 3.05) is 0 Å². The van der Waals surface area contributed by atoms with E-state index in [4.69, 9.17) is 18.0 Å². The number of aliphatic hydroxyl groups is 1. The Balaban J connectivity index is 1.98. The van der Waals surface area contributed by atoms with Gasteiger partial charge < -0.3 is 10.8 Å². The highest BCUT2D eigenvalue weighted by atomic mass is 32.1. The van der Waals surface area contributed by atoms with Crippen LogP contribution in [0.3, 0.4) is 0 Å². The Labute approximate surface area is 138 Å². The first-order valence-electron chi connectivity index (χ1n) is 8.93. The van der Waals surface area contributed by atoms with Crippen LogP contribution in [0, 0.1) is 23.7 Å². The van der Waals surface area contributed by atoms with Crippen LogP contribution in [0.5, 0.6) is 0 Å². The Morgan fingerprint density at radius 2 is 2.18 bits per heavy atom. The maximum Gasteiger partial charge on any atom is 0.184 e. The van der Waals surface area contributed by atoms with Crippen LogP contribution in [0.15, 0.2) is 5.10 Å². The minimum absolute atomic E-state index is 0.200.